The number of benzene rings is 2. The number of aromatic amines is 1. The van der Waals surface area contributed by atoms with E-state index in [-0.39, 0.29) is 17.4 Å². The third kappa shape index (κ3) is 3.73. The Hall–Kier alpha value is -2.41. The van der Waals surface area contributed by atoms with E-state index in [0.717, 1.165) is 31.5 Å². The fourth-order valence-electron chi connectivity index (χ4n) is 5.35. The number of H-pyrrole nitrogens is 1. The van der Waals surface area contributed by atoms with E-state index in [1.807, 2.05) is 13.0 Å². The number of nitrogens with one attached hydrogen (secondary N) is 1. The Balaban J connectivity index is 1.39. The van der Waals surface area contributed by atoms with E-state index in [9.17, 15) is 8.42 Å². The number of hydrogen-bond donors (Lipinski definition) is 1. The van der Waals surface area contributed by atoms with E-state index in [4.69, 9.17) is 4.18 Å². The monoisotopic (exact) mass is 436 g/mol. The van der Waals surface area contributed by atoms with Crippen LogP contribution in [0.3, 0.4) is 0 Å². The molecule has 162 valence electrons. The van der Waals surface area contributed by atoms with Gasteiger partial charge in [0.2, 0.25) is 0 Å². The number of fused-ring (bicyclic) bond motifs is 2. The average Bonchev–Trinajstić information content (AvgIpc) is 3.18. The summed E-state index contributed by atoms with van der Waals surface area (Å²) in [4.78, 5) is 6.08. The van der Waals surface area contributed by atoms with Crippen LogP contribution in [0.4, 0.5) is 0 Å². The van der Waals surface area contributed by atoms with Crippen LogP contribution in [0.15, 0.2) is 66.2 Å². The molecule has 2 heterocycles. The van der Waals surface area contributed by atoms with Crippen LogP contribution in [-0.4, -0.2) is 44.0 Å². The molecule has 0 saturated carbocycles. The van der Waals surface area contributed by atoms with Gasteiger partial charge in [-0.1, -0.05) is 35.9 Å². The first-order valence-corrected chi connectivity index (χ1v) is 12.3. The van der Waals surface area contributed by atoms with Gasteiger partial charge in [-0.15, -0.1) is 6.58 Å². The molecule has 6 heteroatoms. The molecule has 1 aliphatic carbocycles. The molecule has 1 aliphatic heterocycles. The van der Waals surface area contributed by atoms with Gasteiger partial charge >= 0.3 is 0 Å². The Labute approximate surface area is 183 Å². The quantitative estimate of drug-likeness (QED) is 0.460. The Morgan fingerprint density at radius 1 is 1.23 bits per heavy atom. The van der Waals surface area contributed by atoms with Gasteiger partial charge in [-0.05, 0) is 55.0 Å². The predicted molar refractivity (Wildman–Crippen MR) is 123 cm³/mol. The SMILES string of the molecule is C=CCN1C[C@H](COS(=O)(=O)c2ccc(C)cc2)CC2c3cccc4[nH]cc(c34)C[C@H]21. The van der Waals surface area contributed by atoms with Gasteiger partial charge in [0.1, 0.15) is 0 Å². The van der Waals surface area contributed by atoms with Gasteiger partial charge in [0, 0.05) is 42.1 Å². The molecule has 1 fully saturated rings. The van der Waals surface area contributed by atoms with Crippen molar-refractivity contribution in [3.8, 4) is 0 Å². The number of aromatic nitrogens is 1. The smallest absolute Gasteiger partial charge is 0.296 e. The van der Waals surface area contributed by atoms with Crippen molar-refractivity contribution in [2.24, 2.45) is 5.92 Å². The Morgan fingerprint density at radius 2 is 2.03 bits per heavy atom. The molecule has 31 heavy (non-hydrogen) atoms. The molecule has 3 atom stereocenters. The van der Waals surface area contributed by atoms with Gasteiger partial charge in [0.25, 0.3) is 10.1 Å². The molecule has 2 aliphatic rings. The van der Waals surface area contributed by atoms with Crippen LogP contribution in [0.2, 0.25) is 0 Å². The second-order valence-electron chi connectivity index (χ2n) is 8.86. The van der Waals surface area contributed by atoms with Crippen molar-refractivity contribution in [3.05, 3.63) is 78.0 Å². The van der Waals surface area contributed by atoms with E-state index in [0.29, 0.717) is 12.0 Å². The Morgan fingerprint density at radius 3 is 2.81 bits per heavy atom. The lowest BCUT2D eigenvalue weighted by atomic mass is 9.72. The highest BCUT2D eigenvalue weighted by Crippen LogP contribution is 2.44. The fraction of sp³-hybridized carbons (Fsp3) is 0.360. The highest BCUT2D eigenvalue weighted by Gasteiger charge is 2.40. The van der Waals surface area contributed by atoms with Gasteiger partial charge < -0.3 is 4.98 Å². The first kappa shape index (κ1) is 20.5. The van der Waals surface area contributed by atoms with E-state index < -0.39 is 10.1 Å². The maximum atomic E-state index is 12.7. The zero-order chi connectivity index (χ0) is 21.6. The standard InChI is InChI=1S/C25H28N2O3S/c1-3-11-27-15-18(16-30-31(28,29)20-9-7-17(2)8-10-20)12-22-21-5-4-6-23-25(21)19(14-26-23)13-24(22)27/h3-10,14,18,22,24,26H,1,11-13,15-16H2,2H3/t18-,22?,24-/m1/s1. The van der Waals surface area contributed by atoms with Crippen molar-refractivity contribution in [1.29, 1.82) is 0 Å². The van der Waals surface area contributed by atoms with Gasteiger partial charge in [-0.25, -0.2) is 0 Å². The minimum Gasteiger partial charge on any atom is -0.361 e. The lowest BCUT2D eigenvalue weighted by molar-refractivity contribution is 0.0734. The van der Waals surface area contributed by atoms with E-state index in [2.05, 4.69) is 40.9 Å². The van der Waals surface area contributed by atoms with Crippen molar-refractivity contribution in [1.82, 2.24) is 9.88 Å². The summed E-state index contributed by atoms with van der Waals surface area (Å²) in [5.74, 6) is 0.494. The highest BCUT2D eigenvalue weighted by atomic mass is 32.2. The molecule has 5 nitrogen and oxygen atoms in total. The normalized spacial score (nSPS) is 23.6. The number of nitrogens with zero attached hydrogens (tertiary/aromatic N) is 1. The molecule has 5 rings (SSSR count). The topological polar surface area (TPSA) is 62.4 Å². The lowest BCUT2D eigenvalue weighted by Gasteiger charge is -2.46. The van der Waals surface area contributed by atoms with Crippen LogP contribution in [0.25, 0.3) is 10.9 Å². The van der Waals surface area contributed by atoms with Crippen LogP contribution in [0.5, 0.6) is 0 Å². The van der Waals surface area contributed by atoms with Gasteiger partial charge in [-0.3, -0.25) is 9.08 Å². The molecule has 0 spiro atoms. The van der Waals surface area contributed by atoms with Crippen molar-refractivity contribution < 1.29 is 12.6 Å². The van der Waals surface area contributed by atoms with Crippen LogP contribution in [0, 0.1) is 12.8 Å². The van der Waals surface area contributed by atoms with Crippen LogP contribution in [-0.2, 0) is 20.7 Å². The molecule has 0 amide bonds. The summed E-state index contributed by atoms with van der Waals surface area (Å²) in [6.45, 7) is 7.68. The van der Waals surface area contributed by atoms with Crippen LogP contribution < -0.4 is 0 Å². The number of aryl methyl sites for hydroxylation is 1. The fourth-order valence-corrected chi connectivity index (χ4v) is 6.33. The molecule has 1 N–H and O–H groups in total. The maximum Gasteiger partial charge on any atom is 0.296 e. The number of piperidine rings is 1. The second-order valence-corrected chi connectivity index (χ2v) is 10.5. The predicted octanol–water partition coefficient (Wildman–Crippen LogP) is 4.40. The molecule has 0 radical (unpaired) electrons. The molecular weight excluding hydrogens is 408 g/mol. The summed E-state index contributed by atoms with van der Waals surface area (Å²) in [6, 6.07) is 13.7. The third-order valence-electron chi connectivity index (χ3n) is 6.79. The summed E-state index contributed by atoms with van der Waals surface area (Å²) in [6.07, 6.45) is 6.01. The van der Waals surface area contributed by atoms with Crippen LogP contribution >= 0.6 is 0 Å². The van der Waals surface area contributed by atoms with E-state index >= 15 is 0 Å². The highest BCUT2D eigenvalue weighted by molar-refractivity contribution is 7.86. The van der Waals surface area contributed by atoms with E-state index in [1.165, 1.54) is 22.0 Å². The number of hydrogen-bond acceptors (Lipinski definition) is 4. The molecule has 2 aromatic carbocycles. The third-order valence-corrected chi connectivity index (χ3v) is 8.09. The zero-order valence-corrected chi connectivity index (χ0v) is 18.6. The van der Waals surface area contributed by atoms with Crippen LogP contribution in [0.1, 0.15) is 29.0 Å². The summed E-state index contributed by atoms with van der Waals surface area (Å²) in [5, 5.41) is 1.34. The van der Waals surface area contributed by atoms with Gasteiger partial charge in [0.05, 0.1) is 11.5 Å². The minimum absolute atomic E-state index is 0.136. The minimum atomic E-state index is -3.76. The van der Waals surface area contributed by atoms with Crippen molar-refractivity contribution in [2.75, 3.05) is 19.7 Å². The number of likely N-dealkylation sites (tertiary alicyclic amines) is 1. The summed E-state index contributed by atoms with van der Waals surface area (Å²) in [5.41, 5.74) is 4.94. The zero-order valence-electron chi connectivity index (χ0n) is 17.8. The average molecular weight is 437 g/mol. The largest absolute Gasteiger partial charge is 0.361 e. The van der Waals surface area contributed by atoms with Gasteiger partial charge in [0.15, 0.2) is 0 Å². The lowest BCUT2D eigenvalue weighted by Crippen LogP contribution is -2.50. The molecule has 3 aromatic rings. The van der Waals surface area contributed by atoms with Gasteiger partial charge in [-0.2, -0.15) is 8.42 Å². The first-order valence-electron chi connectivity index (χ1n) is 10.9. The van der Waals surface area contributed by atoms with E-state index in [1.54, 1.807) is 24.3 Å². The second kappa shape index (κ2) is 7.93. The first-order chi connectivity index (χ1) is 15.0. The number of rotatable bonds is 6. The Kier molecular flexibility index (Phi) is 5.24. The molecule has 1 aromatic heterocycles. The molecule has 0 bridgehead atoms. The maximum absolute atomic E-state index is 12.7. The molecule has 1 unspecified atom stereocenters. The Bertz CT molecular complexity index is 1210. The van der Waals surface area contributed by atoms with Crippen molar-refractivity contribution >= 4 is 21.0 Å². The summed E-state index contributed by atoms with van der Waals surface area (Å²) >= 11 is 0. The van der Waals surface area contributed by atoms with Crippen molar-refractivity contribution in [2.45, 2.75) is 36.6 Å². The molecular formula is C25H28N2O3S. The summed E-state index contributed by atoms with van der Waals surface area (Å²) < 4.78 is 30.9. The molecule has 1 saturated heterocycles. The summed E-state index contributed by atoms with van der Waals surface area (Å²) in [7, 11) is -3.76. The van der Waals surface area contributed by atoms with Crippen molar-refractivity contribution in [3.63, 3.8) is 0 Å².